The molecule has 1 unspecified atom stereocenters. The van der Waals surface area contributed by atoms with Crippen molar-refractivity contribution in [3.63, 3.8) is 0 Å². The standard InChI is InChI=1S/C14H15N3O2/c1-10(13(18)11-5-3-2-4-6-11)17-14(19)12-9-15-7-8-16-12/h2-10,13,18H,1H3,(H,17,19)/t10-,13?/m0/s1. The van der Waals surface area contributed by atoms with E-state index in [1.54, 1.807) is 6.92 Å². The summed E-state index contributed by atoms with van der Waals surface area (Å²) in [6.45, 7) is 1.74. The molecule has 0 saturated carbocycles. The van der Waals surface area contributed by atoms with Gasteiger partial charge in [-0.3, -0.25) is 9.78 Å². The number of rotatable bonds is 4. The highest BCUT2D eigenvalue weighted by Crippen LogP contribution is 2.16. The third-order valence-electron chi connectivity index (χ3n) is 2.77. The number of carbonyl (C=O) groups is 1. The molecule has 0 spiro atoms. The second-order valence-electron chi connectivity index (χ2n) is 4.21. The molecule has 1 aromatic carbocycles. The monoisotopic (exact) mass is 257 g/mol. The van der Waals surface area contributed by atoms with Gasteiger partial charge in [0.2, 0.25) is 0 Å². The number of aliphatic hydroxyl groups is 1. The summed E-state index contributed by atoms with van der Waals surface area (Å²) < 4.78 is 0. The average molecular weight is 257 g/mol. The maximum Gasteiger partial charge on any atom is 0.271 e. The molecule has 2 atom stereocenters. The molecule has 98 valence electrons. The van der Waals surface area contributed by atoms with Gasteiger partial charge in [0.05, 0.1) is 18.3 Å². The van der Waals surface area contributed by atoms with Crippen LogP contribution in [0.2, 0.25) is 0 Å². The van der Waals surface area contributed by atoms with E-state index in [0.29, 0.717) is 0 Å². The first-order valence-electron chi connectivity index (χ1n) is 5.98. The minimum absolute atomic E-state index is 0.231. The van der Waals surface area contributed by atoms with Crippen molar-refractivity contribution >= 4 is 5.91 Å². The van der Waals surface area contributed by atoms with Gasteiger partial charge < -0.3 is 10.4 Å². The minimum Gasteiger partial charge on any atom is -0.386 e. The Hall–Kier alpha value is -2.27. The highest BCUT2D eigenvalue weighted by atomic mass is 16.3. The third kappa shape index (κ3) is 3.35. The zero-order valence-electron chi connectivity index (χ0n) is 10.5. The zero-order chi connectivity index (χ0) is 13.7. The van der Waals surface area contributed by atoms with Crippen molar-refractivity contribution in [1.82, 2.24) is 15.3 Å². The molecule has 0 radical (unpaired) electrons. The van der Waals surface area contributed by atoms with Gasteiger partial charge >= 0.3 is 0 Å². The maximum absolute atomic E-state index is 11.9. The van der Waals surface area contributed by atoms with E-state index in [1.807, 2.05) is 30.3 Å². The largest absolute Gasteiger partial charge is 0.386 e. The van der Waals surface area contributed by atoms with Crippen molar-refractivity contribution in [2.75, 3.05) is 0 Å². The average Bonchev–Trinajstić information content (AvgIpc) is 2.48. The molecule has 2 rings (SSSR count). The van der Waals surface area contributed by atoms with Crippen LogP contribution >= 0.6 is 0 Å². The number of hydrogen-bond acceptors (Lipinski definition) is 4. The van der Waals surface area contributed by atoms with Gasteiger partial charge in [0.25, 0.3) is 5.91 Å². The van der Waals surface area contributed by atoms with Gasteiger partial charge in [-0.05, 0) is 12.5 Å². The first kappa shape index (κ1) is 13.2. The van der Waals surface area contributed by atoms with Crippen LogP contribution in [0.3, 0.4) is 0 Å². The molecule has 1 heterocycles. The Morgan fingerprint density at radius 2 is 2.00 bits per heavy atom. The number of aromatic nitrogens is 2. The van der Waals surface area contributed by atoms with E-state index in [1.165, 1.54) is 18.6 Å². The summed E-state index contributed by atoms with van der Waals surface area (Å²) >= 11 is 0. The van der Waals surface area contributed by atoms with E-state index in [2.05, 4.69) is 15.3 Å². The van der Waals surface area contributed by atoms with Gasteiger partial charge in [-0.2, -0.15) is 0 Å². The minimum atomic E-state index is -0.762. The molecule has 0 saturated heterocycles. The van der Waals surface area contributed by atoms with E-state index in [4.69, 9.17) is 0 Å². The van der Waals surface area contributed by atoms with E-state index in [-0.39, 0.29) is 11.6 Å². The Balaban J connectivity index is 2.02. The number of carbonyl (C=O) groups excluding carboxylic acids is 1. The number of hydrogen-bond donors (Lipinski definition) is 2. The molecule has 0 bridgehead atoms. The Morgan fingerprint density at radius 3 is 2.63 bits per heavy atom. The van der Waals surface area contributed by atoms with E-state index in [0.717, 1.165) is 5.56 Å². The first-order valence-corrected chi connectivity index (χ1v) is 5.98. The summed E-state index contributed by atoms with van der Waals surface area (Å²) in [7, 11) is 0. The number of aliphatic hydroxyl groups excluding tert-OH is 1. The molecule has 2 N–H and O–H groups in total. The van der Waals surface area contributed by atoms with Crippen LogP contribution in [0.1, 0.15) is 29.1 Å². The lowest BCUT2D eigenvalue weighted by Gasteiger charge is -2.20. The molecule has 1 aromatic heterocycles. The number of nitrogens with one attached hydrogen (secondary N) is 1. The van der Waals surface area contributed by atoms with E-state index in [9.17, 15) is 9.90 Å². The molecular weight excluding hydrogens is 242 g/mol. The van der Waals surface area contributed by atoms with Gasteiger partial charge in [-0.1, -0.05) is 30.3 Å². The van der Waals surface area contributed by atoms with Crippen LogP contribution < -0.4 is 5.32 Å². The fourth-order valence-corrected chi connectivity index (χ4v) is 1.71. The highest BCUT2D eigenvalue weighted by Gasteiger charge is 2.19. The summed E-state index contributed by atoms with van der Waals surface area (Å²) in [4.78, 5) is 19.6. The predicted molar refractivity (Wildman–Crippen MR) is 70.4 cm³/mol. The molecule has 0 fully saturated rings. The van der Waals surface area contributed by atoms with Gasteiger partial charge in [0.1, 0.15) is 5.69 Å². The molecule has 0 aliphatic carbocycles. The molecule has 5 nitrogen and oxygen atoms in total. The van der Waals surface area contributed by atoms with Gasteiger partial charge in [-0.25, -0.2) is 4.98 Å². The van der Waals surface area contributed by atoms with Crippen molar-refractivity contribution in [2.45, 2.75) is 19.1 Å². The summed E-state index contributed by atoms with van der Waals surface area (Å²) in [6, 6.07) is 8.77. The van der Waals surface area contributed by atoms with Crippen molar-refractivity contribution in [3.05, 3.63) is 60.2 Å². The molecule has 19 heavy (non-hydrogen) atoms. The fraction of sp³-hybridized carbons (Fsp3) is 0.214. The Bertz CT molecular complexity index is 531. The number of amides is 1. The number of benzene rings is 1. The maximum atomic E-state index is 11.9. The van der Waals surface area contributed by atoms with Crippen molar-refractivity contribution in [1.29, 1.82) is 0 Å². The van der Waals surface area contributed by atoms with Crippen molar-refractivity contribution in [3.8, 4) is 0 Å². The fourth-order valence-electron chi connectivity index (χ4n) is 1.71. The van der Waals surface area contributed by atoms with E-state index < -0.39 is 12.1 Å². The lowest BCUT2D eigenvalue weighted by molar-refractivity contribution is 0.0847. The Labute approximate surface area is 111 Å². The molecule has 5 heteroatoms. The summed E-state index contributed by atoms with van der Waals surface area (Å²) in [6.07, 6.45) is 3.57. The van der Waals surface area contributed by atoms with Crippen LogP contribution in [0.5, 0.6) is 0 Å². The number of nitrogens with zero attached hydrogens (tertiary/aromatic N) is 2. The SMILES string of the molecule is C[C@H](NC(=O)c1cnccn1)C(O)c1ccccc1. The van der Waals surface area contributed by atoms with Gasteiger partial charge in [0.15, 0.2) is 0 Å². The van der Waals surface area contributed by atoms with Crippen LogP contribution in [0.4, 0.5) is 0 Å². The molecule has 2 aromatic rings. The zero-order valence-corrected chi connectivity index (χ0v) is 10.5. The molecule has 1 amide bonds. The normalized spacial score (nSPS) is 13.6. The topological polar surface area (TPSA) is 75.1 Å². The van der Waals surface area contributed by atoms with Crippen LogP contribution in [-0.4, -0.2) is 27.0 Å². The Kier molecular flexibility index (Phi) is 4.20. The van der Waals surface area contributed by atoms with Crippen molar-refractivity contribution < 1.29 is 9.90 Å². The molecular formula is C14H15N3O2. The second-order valence-corrected chi connectivity index (χ2v) is 4.21. The lowest BCUT2D eigenvalue weighted by Crippen LogP contribution is -2.37. The quantitative estimate of drug-likeness (QED) is 0.866. The summed E-state index contributed by atoms with van der Waals surface area (Å²) in [5.74, 6) is -0.351. The molecule has 0 aliphatic rings. The smallest absolute Gasteiger partial charge is 0.271 e. The van der Waals surface area contributed by atoms with Crippen LogP contribution in [-0.2, 0) is 0 Å². The van der Waals surface area contributed by atoms with Crippen LogP contribution in [0, 0.1) is 0 Å². The Morgan fingerprint density at radius 1 is 1.26 bits per heavy atom. The molecule has 0 aliphatic heterocycles. The van der Waals surface area contributed by atoms with Crippen LogP contribution in [0.15, 0.2) is 48.9 Å². The summed E-state index contributed by atoms with van der Waals surface area (Å²) in [5, 5.41) is 12.8. The first-order chi connectivity index (χ1) is 9.18. The second kappa shape index (κ2) is 6.06. The summed E-state index contributed by atoms with van der Waals surface area (Å²) in [5.41, 5.74) is 0.990. The van der Waals surface area contributed by atoms with E-state index >= 15 is 0 Å². The third-order valence-corrected chi connectivity index (χ3v) is 2.77. The van der Waals surface area contributed by atoms with Gasteiger partial charge in [0, 0.05) is 12.4 Å². The van der Waals surface area contributed by atoms with Crippen molar-refractivity contribution in [2.24, 2.45) is 0 Å². The van der Waals surface area contributed by atoms with Gasteiger partial charge in [-0.15, -0.1) is 0 Å². The highest BCUT2D eigenvalue weighted by molar-refractivity contribution is 5.92. The predicted octanol–water partition coefficient (Wildman–Crippen LogP) is 1.33. The lowest BCUT2D eigenvalue weighted by atomic mass is 10.0. The van der Waals surface area contributed by atoms with Crippen LogP contribution in [0.25, 0.3) is 0 Å².